The maximum Gasteiger partial charge on any atom is 0.127 e. The lowest BCUT2D eigenvalue weighted by Gasteiger charge is -2.39. The zero-order valence-corrected chi connectivity index (χ0v) is 14.5. The average molecular weight is 346 g/mol. The maximum atomic E-state index is 11.1. The second-order valence-corrected chi connectivity index (χ2v) is 6.94. The zero-order chi connectivity index (χ0) is 17.3. The van der Waals surface area contributed by atoms with Crippen molar-refractivity contribution in [1.82, 2.24) is 15.0 Å². The van der Waals surface area contributed by atoms with Crippen LogP contribution in [-0.2, 0) is 5.60 Å². The molecule has 1 N–H and O–H groups in total. The van der Waals surface area contributed by atoms with Crippen LogP contribution in [0.1, 0.15) is 44.0 Å². The second kappa shape index (κ2) is 6.42. The molecule has 0 amide bonds. The summed E-state index contributed by atoms with van der Waals surface area (Å²) < 4.78 is 1.74. The van der Waals surface area contributed by atoms with Crippen LogP contribution >= 0.6 is 11.6 Å². The van der Waals surface area contributed by atoms with Crippen LogP contribution in [0.5, 0.6) is 0 Å². The molecule has 2 aromatic rings. The number of hydrogen-bond donors (Lipinski definition) is 1. The zero-order valence-electron chi connectivity index (χ0n) is 13.8. The fourth-order valence-electron chi connectivity index (χ4n) is 3.05. The maximum absolute atomic E-state index is 11.1. The Morgan fingerprint density at radius 3 is 2.88 bits per heavy atom. The molecule has 1 saturated heterocycles. The molecular formula is C17H20ClN5O. The van der Waals surface area contributed by atoms with Gasteiger partial charge in [0.25, 0.3) is 0 Å². The lowest BCUT2D eigenvalue weighted by atomic mass is 9.89. The number of piperidine rings is 1. The van der Waals surface area contributed by atoms with Gasteiger partial charge in [-0.2, -0.15) is 5.26 Å². The fourth-order valence-corrected chi connectivity index (χ4v) is 3.22. The smallest absolute Gasteiger partial charge is 0.127 e. The molecular weight excluding hydrogens is 326 g/mol. The summed E-state index contributed by atoms with van der Waals surface area (Å²) in [7, 11) is 0. The Morgan fingerprint density at radius 1 is 1.42 bits per heavy atom. The van der Waals surface area contributed by atoms with E-state index < -0.39 is 5.60 Å². The first kappa shape index (κ1) is 16.7. The third kappa shape index (κ3) is 3.10. The minimum absolute atomic E-state index is 0.188. The van der Waals surface area contributed by atoms with Crippen LogP contribution < -0.4 is 4.90 Å². The highest BCUT2D eigenvalue weighted by Gasteiger charge is 2.38. The predicted molar refractivity (Wildman–Crippen MR) is 91.9 cm³/mol. The van der Waals surface area contributed by atoms with E-state index in [0.29, 0.717) is 29.2 Å². The van der Waals surface area contributed by atoms with E-state index >= 15 is 0 Å². The Bertz CT molecular complexity index is 782. The number of halogens is 1. The van der Waals surface area contributed by atoms with Gasteiger partial charge in [-0.15, -0.1) is 5.10 Å². The number of nitriles is 1. The first-order chi connectivity index (χ1) is 11.4. The van der Waals surface area contributed by atoms with Gasteiger partial charge in [0.05, 0.1) is 24.0 Å². The van der Waals surface area contributed by atoms with Gasteiger partial charge in [0, 0.05) is 17.6 Å². The summed E-state index contributed by atoms with van der Waals surface area (Å²) in [6.45, 7) is 5.15. The first-order valence-corrected chi connectivity index (χ1v) is 8.40. The highest BCUT2D eigenvalue weighted by Crippen LogP contribution is 2.35. The van der Waals surface area contributed by atoms with Crippen LogP contribution in [0.2, 0.25) is 5.02 Å². The van der Waals surface area contributed by atoms with Gasteiger partial charge in [0.1, 0.15) is 17.4 Å². The molecule has 3 rings (SSSR count). The van der Waals surface area contributed by atoms with E-state index in [-0.39, 0.29) is 6.04 Å². The fraction of sp³-hybridized carbons (Fsp3) is 0.471. The van der Waals surface area contributed by atoms with Crippen molar-refractivity contribution >= 4 is 17.3 Å². The van der Waals surface area contributed by atoms with Crippen LogP contribution in [0.3, 0.4) is 0 Å². The van der Waals surface area contributed by atoms with Gasteiger partial charge in [-0.05, 0) is 44.9 Å². The lowest BCUT2D eigenvalue weighted by Crippen LogP contribution is -2.46. The summed E-state index contributed by atoms with van der Waals surface area (Å²) in [4.78, 5) is 2.00. The normalized spacial score (nSPS) is 21.1. The Labute approximate surface area is 146 Å². The molecule has 1 unspecified atom stereocenters. The molecule has 0 bridgehead atoms. The van der Waals surface area contributed by atoms with Crippen molar-refractivity contribution in [1.29, 1.82) is 5.26 Å². The van der Waals surface area contributed by atoms with Crippen molar-refractivity contribution in [2.24, 2.45) is 0 Å². The van der Waals surface area contributed by atoms with E-state index in [1.807, 2.05) is 18.7 Å². The quantitative estimate of drug-likeness (QED) is 0.925. The molecule has 6 nitrogen and oxygen atoms in total. The number of aliphatic hydroxyl groups is 1. The summed E-state index contributed by atoms with van der Waals surface area (Å²) in [5.41, 5.74) is 0.788. The predicted octanol–water partition coefficient (Wildman–Crippen LogP) is 2.87. The van der Waals surface area contributed by atoms with Crippen molar-refractivity contribution in [3.63, 3.8) is 0 Å². The standard InChI is InChI=1S/C17H20ClN5O/c1-12(2)23-10-16(20-21-23)17(24)6-3-7-22(11-17)15-8-14(18)5-4-13(15)9-19/h4-5,8,10,12,24H,3,6-7,11H2,1-2H3. The molecule has 7 heteroatoms. The summed E-state index contributed by atoms with van der Waals surface area (Å²) in [5, 5.41) is 29.3. The molecule has 0 spiro atoms. The SMILES string of the molecule is CC(C)n1cc(C2(O)CCCN(c3cc(Cl)ccc3C#N)C2)nn1. The molecule has 1 aliphatic rings. The minimum Gasteiger partial charge on any atom is -0.382 e. The van der Waals surface area contributed by atoms with Gasteiger partial charge >= 0.3 is 0 Å². The molecule has 0 radical (unpaired) electrons. The van der Waals surface area contributed by atoms with Crippen LogP contribution in [-0.4, -0.2) is 33.2 Å². The molecule has 1 fully saturated rings. The molecule has 1 aromatic carbocycles. The van der Waals surface area contributed by atoms with E-state index in [2.05, 4.69) is 16.4 Å². The average Bonchev–Trinajstić information content (AvgIpc) is 3.06. The van der Waals surface area contributed by atoms with E-state index in [1.54, 1.807) is 29.1 Å². The number of nitrogens with zero attached hydrogens (tertiary/aromatic N) is 5. The molecule has 24 heavy (non-hydrogen) atoms. The van der Waals surface area contributed by atoms with E-state index in [4.69, 9.17) is 11.6 Å². The van der Waals surface area contributed by atoms with Crippen LogP contribution in [0, 0.1) is 11.3 Å². The summed E-state index contributed by atoms with van der Waals surface area (Å²) >= 11 is 6.10. The number of anilines is 1. The van der Waals surface area contributed by atoms with Gasteiger partial charge in [-0.1, -0.05) is 16.8 Å². The lowest BCUT2D eigenvalue weighted by molar-refractivity contribution is 0.0176. The minimum atomic E-state index is -1.08. The molecule has 1 aliphatic heterocycles. The summed E-state index contributed by atoms with van der Waals surface area (Å²) in [6.07, 6.45) is 3.21. The van der Waals surface area contributed by atoms with E-state index in [0.717, 1.165) is 18.7 Å². The number of aromatic nitrogens is 3. The summed E-state index contributed by atoms with van der Waals surface area (Å²) in [6, 6.07) is 7.57. The van der Waals surface area contributed by atoms with E-state index in [1.165, 1.54) is 0 Å². The van der Waals surface area contributed by atoms with Crippen LogP contribution in [0.4, 0.5) is 5.69 Å². The van der Waals surface area contributed by atoms with Crippen molar-refractivity contribution in [3.8, 4) is 6.07 Å². The molecule has 0 saturated carbocycles. The highest BCUT2D eigenvalue weighted by atomic mass is 35.5. The number of hydrogen-bond acceptors (Lipinski definition) is 5. The number of benzene rings is 1. The first-order valence-electron chi connectivity index (χ1n) is 8.02. The van der Waals surface area contributed by atoms with Crippen molar-refractivity contribution < 1.29 is 5.11 Å². The Balaban J connectivity index is 1.91. The van der Waals surface area contributed by atoms with Gasteiger partial charge < -0.3 is 10.0 Å². The Hall–Kier alpha value is -2.10. The van der Waals surface area contributed by atoms with Gasteiger partial charge in [-0.25, -0.2) is 4.68 Å². The van der Waals surface area contributed by atoms with Crippen molar-refractivity contribution in [3.05, 3.63) is 40.7 Å². The number of rotatable bonds is 3. The molecule has 126 valence electrons. The highest BCUT2D eigenvalue weighted by molar-refractivity contribution is 6.30. The third-order valence-electron chi connectivity index (χ3n) is 4.41. The van der Waals surface area contributed by atoms with E-state index in [9.17, 15) is 10.4 Å². The molecule has 2 heterocycles. The Kier molecular flexibility index (Phi) is 4.48. The Morgan fingerprint density at radius 2 is 2.21 bits per heavy atom. The third-order valence-corrected chi connectivity index (χ3v) is 4.64. The number of β-amino-alcohol motifs (C(OH)–C–C–N with tert-alkyl or cyclic N) is 1. The monoisotopic (exact) mass is 345 g/mol. The molecule has 1 atom stereocenters. The topological polar surface area (TPSA) is 78.0 Å². The summed E-state index contributed by atoms with van der Waals surface area (Å²) in [5.74, 6) is 0. The van der Waals surface area contributed by atoms with Crippen LogP contribution in [0.15, 0.2) is 24.4 Å². The molecule has 1 aromatic heterocycles. The van der Waals surface area contributed by atoms with Gasteiger partial charge in [0.2, 0.25) is 0 Å². The van der Waals surface area contributed by atoms with Crippen molar-refractivity contribution in [2.45, 2.75) is 38.3 Å². The van der Waals surface area contributed by atoms with Crippen molar-refractivity contribution in [2.75, 3.05) is 18.0 Å². The van der Waals surface area contributed by atoms with Gasteiger partial charge in [0.15, 0.2) is 0 Å². The second-order valence-electron chi connectivity index (χ2n) is 6.51. The molecule has 0 aliphatic carbocycles. The van der Waals surface area contributed by atoms with Gasteiger partial charge in [-0.3, -0.25) is 0 Å². The largest absolute Gasteiger partial charge is 0.382 e. The van der Waals surface area contributed by atoms with Crippen LogP contribution in [0.25, 0.3) is 0 Å².